The van der Waals surface area contributed by atoms with Gasteiger partial charge >= 0.3 is 0 Å². The van der Waals surface area contributed by atoms with Crippen LogP contribution in [0.15, 0.2) is 18.2 Å². The van der Waals surface area contributed by atoms with E-state index in [9.17, 15) is 0 Å². The Morgan fingerprint density at radius 1 is 1.25 bits per heavy atom. The van der Waals surface area contributed by atoms with E-state index in [2.05, 4.69) is 49.2 Å². The van der Waals surface area contributed by atoms with E-state index in [1.54, 1.807) is 0 Å². The molecule has 1 N–H and O–H groups in total. The third kappa shape index (κ3) is 3.06. The molecule has 1 fully saturated rings. The van der Waals surface area contributed by atoms with Crippen molar-refractivity contribution in [3.63, 3.8) is 0 Å². The van der Waals surface area contributed by atoms with E-state index in [-0.39, 0.29) is 0 Å². The van der Waals surface area contributed by atoms with Crippen molar-refractivity contribution in [1.29, 1.82) is 0 Å². The number of aryl methyl sites for hydroxylation is 2. The van der Waals surface area contributed by atoms with Crippen molar-refractivity contribution >= 4 is 0 Å². The fourth-order valence-corrected chi connectivity index (χ4v) is 2.57. The minimum Gasteiger partial charge on any atom is -0.312 e. The highest BCUT2D eigenvalue weighted by Gasteiger charge is 2.15. The molecule has 0 spiro atoms. The van der Waals surface area contributed by atoms with Crippen LogP contribution in [0.4, 0.5) is 0 Å². The van der Waals surface area contributed by atoms with Gasteiger partial charge in [-0.25, -0.2) is 0 Å². The Labute approximate surface area is 98.7 Å². The molecule has 0 amide bonds. The Hall–Kier alpha value is -0.860. The van der Waals surface area contributed by atoms with Gasteiger partial charge in [0, 0.05) is 32.2 Å². The third-order valence-corrected chi connectivity index (χ3v) is 3.14. The molecular formula is C14H22N2. The molecule has 0 saturated carbocycles. The lowest BCUT2D eigenvalue weighted by atomic mass is 10.1. The molecule has 1 saturated heterocycles. The van der Waals surface area contributed by atoms with Crippen LogP contribution in [-0.4, -0.2) is 30.6 Å². The molecule has 88 valence electrons. The van der Waals surface area contributed by atoms with Crippen LogP contribution in [0.3, 0.4) is 0 Å². The van der Waals surface area contributed by atoms with Gasteiger partial charge in [-0.15, -0.1) is 0 Å². The fourth-order valence-electron chi connectivity index (χ4n) is 2.57. The molecule has 1 aliphatic heterocycles. The quantitative estimate of drug-likeness (QED) is 0.818. The zero-order chi connectivity index (χ0) is 11.5. The molecule has 0 bridgehead atoms. The van der Waals surface area contributed by atoms with Gasteiger partial charge in [-0.05, 0) is 26.3 Å². The largest absolute Gasteiger partial charge is 0.312 e. The minimum absolute atomic E-state index is 0.625. The summed E-state index contributed by atoms with van der Waals surface area (Å²) >= 11 is 0. The molecule has 2 rings (SSSR count). The number of nitrogens with one attached hydrogen (secondary N) is 1. The van der Waals surface area contributed by atoms with Crippen molar-refractivity contribution in [2.75, 3.05) is 19.6 Å². The second-order valence-electron chi connectivity index (χ2n) is 5.09. The lowest BCUT2D eigenvalue weighted by Gasteiger charge is -2.31. The van der Waals surface area contributed by atoms with E-state index < -0.39 is 0 Å². The molecule has 0 unspecified atom stereocenters. The minimum atomic E-state index is 0.625. The van der Waals surface area contributed by atoms with Crippen molar-refractivity contribution in [3.05, 3.63) is 34.9 Å². The molecule has 1 aromatic carbocycles. The van der Waals surface area contributed by atoms with Crippen LogP contribution in [0.1, 0.15) is 23.6 Å². The molecule has 2 heteroatoms. The molecule has 1 aromatic rings. The van der Waals surface area contributed by atoms with Gasteiger partial charge in [-0.1, -0.05) is 29.3 Å². The average Bonchev–Trinajstić information content (AvgIpc) is 2.15. The predicted molar refractivity (Wildman–Crippen MR) is 68.7 cm³/mol. The second-order valence-corrected chi connectivity index (χ2v) is 5.09. The van der Waals surface area contributed by atoms with Crippen LogP contribution in [0.25, 0.3) is 0 Å². The number of rotatable bonds is 2. The summed E-state index contributed by atoms with van der Waals surface area (Å²) < 4.78 is 0. The van der Waals surface area contributed by atoms with Crippen molar-refractivity contribution in [1.82, 2.24) is 10.2 Å². The van der Waals surface area contributed by atoms with Crippen molar-refractivity contribution in [3.8, 4) is 0 Å². The first kappa shape index (κ1) is 11.6. The van der Waals surface area contributed by atoms with Gasteiger partial charge in [0.2, 0.25) is 0 Å². The topological polar surface area (TPSA) is 15.3 Å². The Balaban J connectivity index is 2.02. The molecule has 0 radical (unpaired) electrons. The summed E-state index contributed by atoms with van der Waals surface area (Å²) in [6, 6.07) is 7.48. The van der Waals surface area contributed by atoms with Crippen molar-refractivity contribution in [2.24, 2.45) is 0 Å². The van der Waals surface area contributed by atoms with E-state index in [1.165, 1.54) is 16.7 Å². The van der Waals surface area contributed by atoms with Crippen molar-refractivity contribution in [2.45, 2.75) is 33.4 Å². The van der Waals surface area contributed by atoms with Crippen LogP contribution in [-0.2, 0) is 6.54 Å². The zero-order valence-corrected chi connectivity index (χ0v) is 10.6. The van der Waals surface area contributed by atoms with E-state index in [0.29, 0.717) is 6.04 Å². The first-order valence-electron chi connectivity index (χ1n) is 6.16. The Bertz CT molecular complexity index is 340. The SMILES string of the molecule is Cc1cc(C)cc(CN2CCN[C@H](C)C2)c1. The van der Waals surface area contributed by atoms with Gasteiger partial charge in [0.25, 0.3) is 0 Å². The summed E-state index contributed by atoms with van der Waals surface area (Å²) in [4.78, 5) is 2.54. The summed E-state index contributed by atoms with van der Waals surface area (Å²) in [5, 5.41) is 3.48. The molecule has 2 nitrogen and oxygen atoms in total. The first-order valence-corrected chi connectivity index (χ1v) is 6.16. The lowest BCUT2D eigenvalue weighted by molar-refractivity contribution is 0.199. The number of piperazine rings is 1. The third-order valence-electron chi connectivity index (χ3n) is 3.14. The highest BCUT2D eigenvalue weighted by Crippen LogP contribution is 2.12. The monoisotopic (exact) mass is 218 g/mol. The fraction of sp³-hybridized carbons (Fsp3) is 0.571. The highest BCUT2D eigenvalue weighted by molar-refractivity contribution is 5.28. The van der Waals surface area contributed by atoms with Gasteiger partial charge in [0.05, 0.1) is 0 Å². The Morgan fingerprint density at radius 3 is 2.56 bits per heavy atom. The van der Waals surface area contributed by atoms with Gasteiger partial charge in [-0.3, -0.25) is 4.90 Å². The van der Waals surface area contributed by atoms with E-state index in [0.717, 1.165) is 26.2 Å². The molecule has 0 aromatic heterocycles. The van der Waals surface area contributed by atoms with E-state index >= 15 is 0 Å². The Kier molecular flexibility index (Phi) is 3.62. The molecule has 1 atom stereocenters. The summed E-state index contributed by atoms with van der Waals surface area (Å²) in [5.41, 5.74) is 4.20. The maximum atomic E-state index is 3.48. The lowest BCUT2D eigenvalue weighted by Crippen LogP contribution is -2.48. The second kappa shape index (κ2) is 4.98. The van der Waals surface area contributed by atoms with Crippen LogP contribution in [0.2, 0.25) is 0 Å². The molecular weight excluding hydrogens is 196 g/mol. The smallest absolute Gasteiger partial charge is 0.0235 e. The molecule has 1 aliphatic rings. The summed E-state index contributed by atoms with van der Waals surface area (Å²) in [5.74, 6) is 0. The standard InChI is InChI=1S/C14H22N2/c1-11-6-12(2)8-14(7-11)10-16-5-4-15-13(3)9-16/h6-8,13,15H,4-5,9-10H2,1-3H3/t13-/m1/s1. The normalized spacial score (nSPS) is 22.3. The zero-order valence-electron chi connectivity index (χ0n) is 10.6. The average molecular weight is 218 g/mol. The number of benzene rings is 1. The van der Waals surface area contributed by atoms with Gasteiger partial charge < -0.3 is 5.32 Å². The van der Waals surface area contributed by atoms with Gasteiger partial charge in [0.15, 0.2) is 0 Å². The van der Waals surface area contributed by atoms with Crippen LogP contribution < -0.4 is 5.32 Å². The summed E-state index contributed by atoms with van der Waals surface area (Å²) in [6.07, 6.45) is 0. The number of nitrogens with zero attached hydrogens (tertiary/aromatic N) is 1. The summed E-state index contributed by atoms with van der Waals surface area (Å²) in [6.45, 7) is 11.1. The van der Waals surface area contributed by atoms with Gasteiger partial charge in [0.1, 0.15) is 0 Å². The first-order chi connectivity index (χ1) is 7.63. The van der Waals surface area contributed by atoms with Crippen LogP contribution >= 0.6 is 0 Å². The number of hydrogen-bond donors (Lipinski definition) is 1. The predicted octanol–water partition coefficient (Wildman–Crippen LogP) is 2.10. The van der Waals surface area contributed by atoms with E-state index in [1.807, 2.05) is 0 Å². The molecule has 1 heterocycles. The maximum Gasteiger partial charge on any atom is 0.0235 e. The maximum absolute atomic E-state index is 3.48. The summed E-state index contributed by atoms with van der Waals surface area (Å²) in [7, 11) is 0. The van der Waals surface area contributed by atoms with Crippen LogP contribution in [0.5, 0.6) is 0 Å². The van der Waals surface area contributed by atoms with Gasteiger partial charge in [-0.2, -0.15) is 0 Å². The number of hydrogen-bond acceptors (Lipinski definition) is 2. The molecule has 16 heavy (non-hydrogen) atoms. The Morgan fingerprint density at radius 2 is 1.94 bits per heavy atom. The van der Waals surface area contributed by atoms with Crippen molar-refractivity contribution < 1.29 is 0 Å². The van der Waals surface area contributed by atoms with Crippen LogP contribution in [0, 0.1) is 13.8 Å². The van der Waals surface area contributed by atoms with E-state index in [4.69, 9.17) is 0 Å². The molecule has 0 aliphatic carbocycles. The highest BCUT2D eigenvalue weighted by atomic mass is 15.2.